The summed E-state index contributed by atoms with van der Waals surface area (Å²) in [5, 5.41) is 10.9. The molecule has 6 nitrogen and oxygen atoms in total. The van der Waals surface area contributed by atoms with Crippen LogP contribution in [0.25, 0.3) is 0 Å². The molecule has 6 atom stereocenters. The van der Waals surface area contributed by atoms with Crippen LogP contribution in [0.5, 0.6) is 0 Å². The first-order chi connectivity index (χ1) is 9.28. The van der Waals surface area contributed by atoms with Crippen LogP contribution in [0.3, 0.4) is 0 Å². The Labute approximate surface area is 123 Å². The SMILES string of the molecule is C[C@@H](O)[C@H]1O[C@@H]2SC(N(C)C)=N[C@@H]2[C@H]2OC(C)(C)O[C@@H]21. The van der Waals surface area contributed by atoms with Gasteiger partial charge in [0.15, 0.2) is 11.0 Å². The van der Waals surface area contributed by atoms with Crippen LogP contribution in [0.15, 0.2) is 4.99 Å². The summed E-state index contributed by atoms with van der Waals surface area (Å²) in [5.74, 6) is -0.665. The molecule has 0 aromatic heterocycles. The van der Waals surface area contributed by atoms with Gasteiger partial charge in [-0.3, -0.25) is 4.99 Å². The molecule has 2 fully saturated rings. The lowest BCUT2D eigenvalue weighted by molar-refractivity contribution is -0.168. The summed E-state index contributed by atoms with van der Waals surface area (Å²) in [6.07, 6.45) is -1.44. The first-order valence-corrected chi connectivity index (χ1v) is 7.77. The first-order valence-electron chi connectivity index (χ1n) is 6.89. The number of aliphatic hydroxyl groups excluding tert-OH is 1. The van der Waals surface area contributed by atoms with Gasteiger partial charge in [0.2, 0.25) is 0 Å². The molecule has 0 bridgehead atoms. The standard InChI is InChI=1S/C13H22N2O4S/c1-6(16)8-10-9(18-13(2,3)19-10)7-11(17-8)20-12(14-7)15(4)5/h6-11,16H,1-5H3/t6-,7-,8-,9-,10-,11-/m1/s1. The molecule has 0 amide bonds. The number of thioether (sulfide) groups is 1. The van der Waals surface area contributed by atoms with Crippen molar-refractivity contribution in [2.75, 3.05) is 14.1 Å². The van der Waals surface area contributed by atoms with Crippen LogP contribution in [-0.2, 0) is 14.2 Å². The highest BCUT2D eigenvalue weighted by atomic mass is 32.2. The average Bonchev–Trinajstić information content (AvgIpc) is 2.86. The van der Waals surface area contributed by atoms with Gasteiger partial charge in [-0.2, -0.15) is 0 Å². The Morgan fingerprint density at radius 1 is 1.30 bits per heavy atom. The van der Waals surface area contributed by atoms with Gasteiger partial charge >= 0.3 is 0 Å². The number of amidine groups is 1. The lowest BCUT2D eigenvalue weighted by atomic mass is 9.95. The molecule has 7 heteroatoms. The van der Waals surface area contributed by atoms with Gasteiger partial charge in [-0.05, 0) is 20.8 Å². The molecule has 0 saturated carbocycles. The summed E-state index contributed by atoms with van der Waals surface area (Å²) in [5.41, 5.74) is -0.120. The summed E-state index contributed by atoms with van der Waals surface area (Å²) < 4.78 is 18.0. The second-order valence-electron chi connectivity index (χ2n) is 6.19. The van der Waals surface area contributed by atoms with Crippen molar-refractivity contribution >= 4 is 16.9 Å². The Hall–Kier alpha value is -0.340. The van der Waals surface area contributed by atoms with E-state index in [0.717, 1.165) is 5.17 Å². The van der Waals surface area contributed by atoms with Gasteiger partial charge in [0.1, 0.15) is 29.8 Å². The van der Waals surface area contributed by atoms with E-state index in [4.69, 9.17) is 19.2 Å². The lowest BCUT2D eigenvalue weighted by Gasteiger charge is -2.38. The summed E-state index contributed by atoms with van der Waals surface area (Å²) in [4.78, 5) is 6.68. The fraction of sp³-hybridized carbons (Fsp3) is 0.923. The van der Waals surface area contributed by atoms with Gasteiger partial charge in [0, 0.05) is 14.1 Å². The Morgan fingerprint density at radius 3 is 2.55 bits per heavy atom. The number of hydrogen-bond donors (Lipinski definition) is 1. The lowest BCUT2D eigenvalue weighted by Crippen LogP contribution is -2.56. The van der Waals surface area contributed by atoms with Crippen molar-refractivity contribution in [3.8, 4) is 0 Å². The molecule has 0 spiro atoms. The van der Waals surface area contributed by atoms with Crippen molar-refractivity contribution in [1.82, 2.24) is 4.90 Å². The fourth-order valence-corrected chi connectivity index (χ4v) is 4.05. The molecule has 2 saturated heterocycles. The van der Waals surface area contributed by atoms with Crippen molar-refractivity contribution < 1.29 is 19.3 Å². The maximum atomic E-state index is 9.97. The maximum Gasteiger partial charge on any atom is 0.164 e. The zero-order chi connectivity index (χ0) is 14.7. The molecule has 0 radical (unpaired) electrons. The Balaban J connectivity index is 1.89. The predicted molar refractivity (Wildman–Crippen MR) is 76.7 cm³/mol. The summed E-state index contributed by atoms with van der Waals surface area (Å²) >= 11 is 1.58. The number of fused-ring (bicyclic) bond motifs is 3. The number of ether oxygens (including phenoxy) is 3. The van der Waals surface area contributed by atoms with E-state index in [9.17, 15) is 5.11 Å². The van der Waals surface area contributed by atoms with Gasteiger partial charge in [0.05, 0.1) is 6.10 Å². The van der Waals surface area contributed by atoms with Gasteiger partial charge in [-0.1, -0.05) is 11.8 Å². The minimum Gasteiger partial charge on any atom is -0.391 e. The van der Waals surface area contributed by atoms with E-state index >= 15 is 0 Å². The number of rotatable bonds is 1. The molecule has 0 aromatic carbocycles. The Morgan fingerprint density at radius 2 is 1.95 bits per heavy atom. The van der Waals surface area contributed by atoms with Crippen LogP contribution in [0.1, 0.15) is 20.8 Å². The van der Waals surface area contributed by atoms with Crippen LogP contribution < -0.4 is 0 Å². The molecular formula is C13H22N2O4S. The molecule has 20 heavy (non-hydrogen) atoms. The predicted octanol–water partition coefficient (Wildman–Crippen LogP) is 0.645. The summed E-state index contributed by atoms with van der Waals surface area (Å²) in [7, 11) is 3.92. The minimum atomic E-state index is -0.665. The number of nitrogens with zero attached hydrogens (tertiary/aromatic N) is 2. The third kappa shape index (κ3) is 2.35. The fourth-order valence-electron chi connectivity index (χ4n) is 2.91. The molecule has 3 rings (SSSR count). The second-order valence-corrected chi connectivity index (χ2v) is 7.25. The van der Waals surface area contributed by atoms with Crippen molar-refractivity contribution in [2.45, 2.75) is 62.5 Å². The van der Waals surface area contributed by atoms with E-state index in [1.807, 2.05) is 32.8 Å². The number of aliphatic hydroxyl groups is 1. The molecule has 3 aliphatic heterocycles. The van der Waals surface area contributed by atoms with Crippen molar-refractivity contribution in [3.05, 3.63) is 0 Å². The highest BCUT2D eigenvalue weighted by molar-refractivity contribution is 8.14. The smallest absolute Gasteiger partial charge is 0.164 e. The topological polar surface area (TPSA) is 63.5 Å². The van der Waals surface area contributed by atoms with Crippen molar-refractivity contribution in [3.63, 3.8) is 0 Å². The molecule has 3 aliphatic rings. The van der Waals surface area contributed by atoms with E-state index in [-0.39, 0.29) is 29.8 Å². The summed E-state index contributed by atoms with van der Waals surface area (Å²) in [6, 6.07) is -0.0841. The van der Waals surface area contributed by atoms with E-state index < -0.39 is 11.9 Å². The Kier molecular flexibility index (Phi) is 3.53. The van der Waals surface area contributed by atoms with Crippen LogP contribution in [-0.4, -0.2) is 71.0 Å². The molecule has 3 heterocycles. The zero-order valence-electron chi connectivity index (χ0n) is 12.4. The minimum absolute atomic E-state index is 0.0841. The van der Waals surface area contributed by atoms with E-state index in [2.05, 4.69) is 0 Å². The quantitative estimate of drug-likeness (QED) is 0.767. The number of hydrogen-bond acceptors (Lipinski definition) is 7. The third-order valence-electron chi connectivity index (χ3n) is 3.73. The monoisotopic (exact) mass is 302 g/mol. The first kappa shape index (κ1) is 14.6. The average molecular weight is 302 g/mol. The van der Waals surface area contributed by atoms with Gasteiger partial charge in [0.25, 0.3) is 0 Å². The van der Waals surface area contributed by atoms with Crippen LogP contribution >= 0.6 is 11.8 Å². The van der Waals surface area contributed by atoms with Crippen LogP contribution in [0, 0.1) is 0 Å². The van der Waals surface area contributed by atoms with Crippen molar-refractivity contribution in [1.29, 1.82) is 0 Å². The molecule has 0 aliphatic carbocycles. The van der Waals surface area contributed by atoms with E-state index in [1.54, 1.807) is 18.7 Å². The van der Waals surface area contributed by atoms with E-state index in [0.29, 0.717) is 0 Å². The highest BCUT2D eigenvalue weighted by Crippen LogP contribution is 2.45. The zero-order valence-corrected chi connectivity index (χ0v) is 13.3. The summed E-state index contributed by atoms with van der Waals surface area (Å²) in [6.45, 7) is 5.50. The van der Waals surface area contributed by atoms with E-state index in [1.165, 1.54) is 0 Å². The molecule has 114 valence electrons. The van der Waals surface area contributed by atoms with Crippen molar-refractivity contribution in [2.24, 2.45) is 4.99 Å². The number of aliphatic imine (C=N–C) groups is 1. The largest absolute Gasteiger partial charge is 0.391 e. The highest BCUT2D eigenvalue weighted by Gasteiger charge is 2.58. The molecular weight excluding hydrogens is 280 g/mol. The molecule has 0 unspecified atom stereocenters. The maximum absolute atomic E-state index is 9.97. The Bertz CT molecular complexity index is 427. The van der Waals surface area contributed by atoms with Crippen LogP contribution in [0.4, 0.5) is 0 Å². The normalized spacial score (nSPS) is 43.7. The second kappa shape index (κ2) is 4.84. The van der Waals surface area contributed by atoms with Gasteiger partial charge in [-0.15, -0.1) is 0 Å². The van der Waals surface area contributed by atoms with Gasteiger partial charge in [-0.25, -0.2) is 0 Å². The third-order valence-corrected chi connectivity index (χ3v) is 5.04. The van der Waals surface area contributed by atoms with Gasteiger partial charge < -0.3 is 24.2 Å². The molecule has 0 aromatic rings. The van der Waals surface area contributed by atoms with Crippen LogP contribution in [0.2, 0.25) is 0 Å². The molecule has 1 N–H and O–H groups in total.